The minimum atomic E-state index is -1.24. The summed E-state index contributed by atoms with van der Waals surface area (Å²) in [6.45, 7) is 6.12. The summed E-state index contributed by atoms with van der Waals surface area (Å²) in [6, 6.07) is 4.08. The van der Waals surface area contributed by atoms with Crippen molar-refractivity contribution in [1.82, 2.24) is 0 Å². The number of thioether (sulfide) groups is 1. The van der Waals surface area contributed by atoms with Gasteiger partial charge in [0.25, 0.3) is 0 Å². The second-order valence-corrected chi connectivity index (χ2v) is 9.31. The standard InChI is InChI=1S/C28H39NO4S/c1-4-7-8-9-10-11-12-13-14-15-16-17-18-21-34-28(5-2,6-3)27(33)29-23-19-20-25(30)24(22-23)26(31)32/h7-8,10-11,13-14,16-17,19-20,22,30H,4-6,9,12,15,18,21H2,1-3H3,(H,29,33)(H,31,32)/b8-7-,11-10-,14-13-,17-16-. The summed E-state index contributed by atoms with van der Waals surface area (Å²) in [5.41, 5.74) is 0.134. The minimum Gasteiger partial charge on any atom is -0.507 e. The summed E-state index contributed by atoms with van der Waals surface area (Å²) in [5.74, 6) is -0.887. The van der Waals surface area contributed by atoms with E-state index in [1.807, 2.05) is 13.8 Å². The number of rotatable bonds is 16. The number of benzene rings is 1. The topological polar surface area (TPSA) is 86.6 Å². The van der Waals surface area contributed by atoms with Crippen molar-refractivity contribution in [3.63, 3.8) is 0 Å². The fraction of sp³-hybridized carbons (Fsp3) is 0.429. The smallest absolute Gasteiger partial charge is 0.339 e. The molecule has 0 bridgehead atoms. The predicted octanol–water partition coefficient (Wildman–Crippen LogP) is 7.52. The van der Waals surface area contributed by atoms with E-state index in [0.717, 1.165) is 37.9 Å². The van der Waals surface area contributed by atoms with E-state index in [2.05, 4.69) is 60.8 Å². The van der Waals surface area contributed by atoms with Gasteiger partial charge in [-0.05, 0) is 68.9 Å². The normalized spacial score (nSPS) is 12.4. The Labute approximate surface area is 208 Å². The largest absolute Gasteiger partial charge is 0.507 e. The quantitative estimate of drug-likeness (QED) is 0.128. The number of phenols is 1. The molecular weight excluding hydrogens is 446 g/mol. The van der Waals surface area contributed by atoms with Crippen molar-refractivity contribution in [2.24, 2.45) is 0 Å². The van der Waals surface area contributed by atoms with Gasteiger partial charge in [-0.1, -0.05) is 69.4 Å². The lowest BCUT2D eigenvalue weighted by Crippen LogP contribution is -2.39. The maximum atomic E-state index is 13.0. The fourth-order valence-corrected chi connectivity index (χ4v) is 4.53. The van der Waals surface area contributed by atoms with Crippen molar-refractivity contribution >= 4 is 29.3 Å². The zero-order chi connectivity index (χ0) is 25.2. The molecule has 0 aromatic heterocycles. The highest BCUT2D eigenvalue weighted by Crippen LogP contribution is 2.35. The van der Waals surface area contributed by atoms with Crippen molar-refractivity contribution in [1.29, 1.82) is 0 Å². The summed E-state index contributed by atoms with van der Waals surface area (Å²) >= 11 is 1.63. The highest BCUT2D eigenvalue weighted by atomic mass is 32.2. The summed E-state index contributed by atoms with van der Waals surface area (Å²) in [4.78, 5) is 24.3. The number of nitrogens with one attached hydrogen (secondary N) is 1. The third-order valence-corrected chi connectivity index (χ3v) is 7.18. The van der Waals surface area contributed by atoms with E-state index in [9.17, 15) is 19.8 Å². The molecule has 5 nitrogen and oxygen atoms in total. The van der Waals surface area contributed by atoms with Crippen LogP contribution in [0.1, 0.15) is 76.1 Å². The lowest BCUT2D eigenvalue weighted by molar-refractivity contribution is -0.118. The molecule has 0 atom stereocenters. The van der Waals surface area contributed by atoms with Gasteiger partial charge in [-0.2, -0.15) is 0 Å². The molecule has 3 N–H and O–H groups in total. The fourth-order valence-electron chi connectivity index (χ4n) is 3.29. The van der Waals surface area contributed by atoms with E-state index in [0.29, 0.717) is 18.5 Å². The summed E-state index contributed by atoms with van der Waals surface area (Å²) in [7, 11) is 0. The molecule has 1 amide bonds. The number of allylic oxidation sites excluding steroid dienone is 8. The number of carbonyl (C=O) groups excluding carboxylic acids is 1. The molecule has 0 fully saturated rings. The third-order valence-electron chi connectivity index (χ3n) is 5.42. The first-order valence-corrected chi connectivity index (χ1v) is 13.0. The molecule has 6 heteroatoms. The van der Waals surface area contributed by atoms with E-state index in [4.69, 9.17) is 0 Å². The number of carboxylic acid groups (broad SMARTS) is 1. The highest BCUT2D eigenvalue weighted by molar-refractivity contribution is 8.01. The Morgan fingerprint density at radius 1 is 0.912 bits per heavy atom. The highest BCUT2D eigenvalue weighted by Gasteiger charge is 2.35. The van der Waals surface area contributed by atoms with Crippen LogP contribution in [0.15, 0.2) is 66.8 Å². The number of amides is 1. The van der Waals surface area contributed by atoms with Gasteiger partial charge in [0.1, 0.15) is 11.3 Å². The van der Waals surface area contributed by atoms with Crippen molar-refractivity contribution in [3.8, 4) is 5.75 Å². The van der Waals surface area contributed by atoms with Crippen molar-refractivity contribution in [2.45, 2.75) is 70.5 Å². The van der Waals surface area contributed by atoms with Crippen molar-refractivity contribution in [2.75, 3.05) is 11.1 Å². The molecule has 0 unspecified atom stereocenters. The van der Waals surface area contributed by atoms with Crippen LogP contribution in [-0.2, 0) is 4.79 Å². The van der Waals surface area contributed by atoms with Crippen LogP contribution >= 0.6 is 11.8 Å². The van der Waals surface area contributed by atoms with Gasteiger partial charge in [-0.25, -0.2) is 4.79 Å². The Bertz CT molecular complexity index is 882. The molecule has 0 heterocycles. The Balaban J connectivity index is 2.49. The van der Waals surface area contributed by atoms with Crippen LogP contribution in [0, 0.1) is 0 Å². The molecule has 1 aromatic carbocycles. The molecule has 0 saturated heterocycles. The molecule has 0 saturated carbocycles. The average Bonchev–Trinajstić information content (AvgIpc) is 2.83. The van der Waals surface area contributed by atoms with Gasteiger partial charge >= 0.3 is 5.97 Å². The molecular formula is C28H39NO4S. The van der Waals surface area contributed by atoms with Gasteiger partial charge in [0, 0.05) is 5.69 Å². The average molecular weight is 486 g/mol. The zero-order valence-electron chi connectivity index (χ0n) is 20.6. The van der Waals surface area contributed by atoms with Gasteiger partial charge in [0.2, 0.25) is 5.91 Å². The molecule has 34 heavy (non-hydrogen) atoms. The van der Waals surface area contributed by atoms with Crippen LogP contribution < -0.4 is 5.32 Å². The van der Waals surface area contributed by atoms with E-state index >= 15 is 0 Å². The number of hydrogen-bond acceptors (Lipinski definition) is 4. The molecule has 1 rings (SSSR count). The molecule has 0 aliphatic rings. The zero-order valence-corrected chi connectivity index (χ0v) is 21.4. The molecule has 0 aliphatic heterocycles. The lowest BCUT2D eigenvalue weighted by Gasteiger charge is -2.29. The van der Waals surface area contributed by atoms with E-state index in [1.165, 1.54) is 18.2 Å². The van der Waals surface area contributed by atoms with E-state index < -0.39 is 10.7 Å². The van der Waals surface area contributed by atoms with Gasteiger partial charge in [0.05, 0.1) is 4.75 Å². The predicted molar refractivity (Wildman–Crippen MR) is 145 cm³/mol. The van der Waals surface area contributed by atoms with Crippen LogP contribution in [0.4, 0.5) is 5.69 Å². The van der Waals surface area contributed by atoms with Gasteiger partial charge in [-0.3, -0.25) is 4.79 Å². The number of anilines is 1. The summed E-state index contributed by atoms with van der Waals surface area (Å²) in [6.07, 6.45) is 23.5. The van der Waals surface area contributed by atoms with Gasteiger partial charge in [0.15, 0.2) is 0 Å². The Hall–Kier alpha value is -2.73. The van der Waals surface area contributed by atoms with Crippen LogP contribution in [0.25, 0.3) is 0 Å². The summed E-state index contributed by atoms with van der Waals surface area (Å²) in [5, 5.41) is 21.7. The van der Waals surface area contributed by atoms with Crippen LogP contribution in [0.5, 0.6) is 5.75 Å². The number of hydrogen-bond donors (Lipinski definition) is 3. The Morgan fingerprint density at radius 3 is 2.00 bits per heavy atom. The second-order valence-electron chi connectivity index (χ2n) is 7.83. The Kier molecular flexibility index (Phi) is 14.5. The monoisotopic (exact) mass is 485 g/mol. The molecule has 0 spiro atoms. The van der Waals surface area contributed by atoms with Crippen molar-refractivity contribution < 1.29 is 19.8 Å². The van der Waals surface area contributed by atoms with E-state index in [-0.39, 0.29) is 17.2 Å². The van der Waals surface area contributed by atoms with Gasteiger partial charge < -0.3 is 15.5 Å². The number of aromatic carboxylic acids is 1. The molecule has 186 valence electrons. The lowest BCUT2D eigenvalue weighted by atomic mass is 10.0. The first-order chi connectivity index (χ1) is 16.4. The van der Waals surface area contributed by atoms with Crippen LogP contribution in [0.2, 0.25) is 0 Å². The van der Waals surface area contributed by atoms with Crippen LogP contribution in [0.3, 0.4) is 0 Å². The number of aromatic hydroxyl groups is 1. The van der Waals surface area contributed by atoms with Crippen LogP contribution in [-0.4, -0.2) is 32.6 Å². The first-order valence-electron chi connectivity index (χ1n) is 12.0. The molecule has 0 radical (unpaired) electrons. The Morgan fingerprint density at radius 2 is 1.47 bits per heavy atom. The molecule has 1 aromatic rings. The SMILES string of the molecule is CC/C=C\C/C=C\C/C=C\C/C=C\CCSC(CC)(CC)C(=O)Nc1ccc(O)c(C(=O)O)c1. The second kappa shape index (κ2) is 16.8. The number of carbonyl (C=O) groups is 2. The maximum absolute atomic E-state index is 13.0. The molecule has 0 aliphatic carbocycles. The third kappa shape index (κ3) is 10.5. The minimum absolute atomic E-state index is 0.144. The van der Waals surface area contributed by atoms with Crippen molar-refractivity contribution in [3.05, 3.63) is 72.4 Å². The van der Waals surface area contributed by atoms with E-state index in [1.54, 1.807) is 11.8 Å². The maximum Gasteiger partial charge on any atom is 0.339 e. The number of carboxylic acids is 1. The summed E-state index contributed by atoms with van der Waals surface area (Å²) < 4.78 is -0.590. The first kappa shape index (κ1) is 29.3. The van der Waals surface area contributed by atoms with Gasteiger partial charge in [-0.15, -0.1) is 11.8 Å².